The van der Waals surface area contributed by atoms with Crippen LogP contribution in [0.25, 0.3) is 11.1 Å². The molecular formula is C21H19ClO2. The van der Waals surface area contributed by atoms with Gasteiger partial charge in [0.15, 0.2) is 0 Å². The maximum Gasteiger partial charge on any atom is 0.128 e. The Labute approximate surface area is 147 Å². The van der Waals surface area contributed by atoms with E-state index in [0.717, 1.165) is 46.7 Å². The number of aliphatic hydroxyl groups is 1. The van der Waals surface area contributed by atoms with Crippen molar-refractivity contribution in [3.05, 3.63) is 52.0 Å². The maximum atomic E-state index is 10.7. The number of aliphatic hydroxyl groups excluding tert-OH is 1. The van der Waals surface area contributed by atoms with Crippen LogP contribution in [0.1, 0.15) is 42.6 Å². The standard InChI is InChI=1S/C21H19ClO2/c1-2-3-4-13-5-6-14-10-19-17-8-7-16(22)9-15(17)12-24-20(19)11-18(14)21(13)23/h7-11,13,21,23H,4-6,12H2,1H3. The normalized spacial score (nSPS) is 20.8. The number of hydrogen-bond donors (Lipinski definition) is 1. The van der Waals surface area contributed by atoms with Crippen molar-refractivity contribution < 1.29 is 9.84 Å². The van der Waals surface area contributed by atoms with Crippen LogP contribution in [0, 0.1) is 17.8 Å². The molecule has 1 N–H and O–H groups in total. The van der Waals surface area contributed by atoms with Crippen LogP contribution in [0.4, 0.5) is 0 Å². The second kappa shape index (κ2) is 6.16. The van der Waals surface area contributed by atoms with Crippen LogP contribution in [0.2, 0.25) is 5.02 Å². The number of ether oxygens (including phenoxy) is 1. The third kappa shape index (κ3) is 2.59. The van der Waals surface area contributed by atoms with E-state index >= 15 is 0 Å². The van der Waals surface area contributed by atoms with E-state index in [2.05, 4.69) is 24.0 Å². The maximum absolute atomic E-state index is 10.7. The van der Waals surface area contributed by atoms with Gasteiger partial charge in [0.25, 0.3) is 0 Å². The predicted molar refractivity (Wildman–Crippen MR) is 96.1 cm³/mol. The summed E-state index contributed by atoms with van der Waals surface area (Å²) in [6.45, 7) is 2.36. The van der Waals surface area contributed by atoms with Crippen molar-refractivity contribution in [2.75, 3.05) is 0 Å². The molecule has 24 heavy (non-hydrogen) atoms. The molecule has 2 aromatic rings. The Hall–Kier alpha value is -1.95. The second-order valence-corrected chi connectivity index (χ2v) is 6.95. The van der Waals surface area contributed by atoms with Gasteiger partial charge >= 0.3 is 0 Å². The van der Waals surface area contributed by atoms with Gasteiger partial charge in [-0.15, -0.1) is 11.8 Å². The fraction of sp³-hybridized carbons (Fsp3) is 0.333. The molecule has 0 fully saturated rings. The van der Waals surface area contributed by atoms with E-state index in [1.165, 1.54) is 11.1 Å². The topological polar surface area (TPSA) is 29.5 Å². The third-order valence-corrected chi connectivity index (χ3v) is 5.31. The van der Waals surface area contributed by atoms with Gasteiger partial charge in [-0.3, -0.25) is 0 Å². The van der Waals surface area contributed by atoms with E-state index in [1.54, 1.807) is 0 Å². The molecule has 2 aliphatic rings. The zero-order chi connectivity index (χ0) is 16.7. The number of fused-ring (bicyclic) bond motifs is 4. The molecule has 1 heterocycles. The van der Waals surface area contributed by atoms with E-state index in [1.807, 2.05) is 25.1 Å². The SMILES string of the molecule is CC#CCC1CCc2cc3c(cc2C1O)OCc1cc(Cl)ccc1-3. The zero-order valence-electron chi connectivity index (χ0n) is 13.6. The minimum absolute atomic E-state index is 0.206. The van der Waals surface area contributed by atoms with Crippen molar-refractivity contribution in [3.63, 3.8) is 0 Å². The largest absolute Gasteiger partial charge is 0.488 e. The highest BCUT2D eigenvalue weighted by Crippen LogP contribution is 2.45. The summed E-state index contributed by atoms with van der Waals surface area (Å²) in [5, 5.41) is 11.5. The lowest BCUT2D eigenvalue weighted by Crippen LogP contribution is -2.21. The summed E-state index contributed by atoms with van der Waals surface area (Å²) in [5.41, 5.74) is 5.61. The van der Waals surface area contributed by atoms with Gasteiger partial charge in [0.1, 0.15) is 12.4 Å². The Bertz CT molecular complexity index is 860. The average Bonchev–Trinajstić information content (AvgIpc) is 2.59. The highest BCUT2D eigenvalue weighted by molar-refractivity contribution is 6.30. The Morgan fingerprint density at radius 2 is 2.08 bits per heavy atom. The quantitative estimate of drug-likeness (QED) is 0.749. The first-order valence-corrected chi connectivity index (χ1v) is 8.71. The van der Waals surface area contributed by atoms with Gasteiger partial charge in [-0.1, -0.05) is 17.7 Å². The van der Waals surface area contributed by atoms with E-state index in [0.29, 0.717) is 6.61 Å². The molecule has 2 nitrogen and oxygen atoms in total. The van der Waals surface area contributed by atoms with Crippen molar-refractivity contribution in [1.29, 1.82) is 0 Å². The van der Waals surface area contributed by atoms with Crippen molar-refractivity contribution in [2.45, 2.75) is 38.9 Å². The summed E-state index contributed by atoms with van der Waals surface area (Å²) < 4.78 is 5.94. The first-order chi connectivity index (χ1) is 11.7. The van der Waals surface area contributed by atoms with Crippen molar-refractivity contribution in [2.24, 2.45) is 5.92 Å². The molecule has 2 unspecified atom stereocenters. The fourth-order valence-electron chi connectivity index (χ4n) is 3.76. The minimum atomic E-state index is -0.463. The first-order valence-electron chi connectivity index (χ1n) is 8.33. The van der Waals surface area contributed by atoms with Gasteiger partial charge < -0.3 is 9.84 Å². The molecule has 2 aromatic carbocycles. The summed E-state index contributed by atoms with van der Waals surface area (Å²) in [6, 6.07) is 10.2. The molecule has 122 valence electrons. The Morgan fingerprint density at radius 3 is 2.92 bits per heavy atom. The molecule has 1 aliphatic heterocycles. The molecule has 3 heteroatoms. The van der Waals surface area contributed by atoms with Crippen LogP contribution in [0.3, 0.4) is 0 Å². The predicted octanol–water partition coefficient (Wildman–Crippen LogP) is 4.91. The summed E-state index contributed by atoms with van der Waals surface area (Å²) >= 11 is 6.10. The Kier molecular flexibility index (Phi) is 4.00. The summed E-state index contributed by atoms with van der Waals surface area (Å²) in [7, 11) is 0. The van der Waals surface area contributed by atoms with Crippen LogP contribution >= 0.6 is 11.6 Å². The van der Waals surface area contributed by atoms with Gasteiger partial charge in [-0.25, -0.2) is 0 Å². The molecule has 0 amide bonds. The van der Waals surface area contributed by atoms with Gasteiger partial charge in [0, 0.05) is 22.9 Å². The average molecular weight is 339 g/mol. The van der Waals surface area contributed by atoms with Crippen molar-refractivity contribution >= 4 is 11.6 Å². The molecule has 1 aliphatic carbocycles. The Morgan fingerprint density at radius 1 is 1.21 bits per heavy atom. The lowest BCUT2D eigenvalue weighted by atomic mass is 9.78. The molecular weight excluding hydrogens is 320 g/mol. The highest BCUT2D eigenvalue weighted by Gasteiger charge is 2.30. The number of rotatable bonds is 1. The number of aryl methyl sites for hydroxylation is 1. The molecule has 2 atom stereocenters. The first kappa shape index (κ1) is 15.6. The van der Waals surface area contributed by atoms with Crippen molar-refractivity contribution in [1.82, 2.24) is 0 Å². The second-order valence-electron chi connectivity index (χ2n) is 6.51. The van der Waals surface area contributed by atoms with Gasteiger partial charge in [-0.05, 0) is 66.3 Å². The molecule has 0 spiro atoms. The monoisotopic (exact) mass is 338 g/mol. The van der Waals surface area contributed by atoms with Crippen LogP contribution in [-0.2, 0) is 13.0 Å². The van der Waals surface area contributed by atoms with E-state index < -0.39 is 6.10 Å². The van der Waals surface area contributed by atoms with E-state index in [-0.39, 0.29) is 5.92 Å². The molecule has 0 saturated heterocycles. The number of hydrogen-bond acceptors (Lipinski definition) is 2. The van der Waals surface area contributed by atoms with Crippen LogP contribution in [-0.4, -0.2) is 5.11 Å². The Balaban J connectivity index is 1.75. The fourth-order valence-corrected chi connectivity index (χ4v) is 3.96. The van der Waals surface area contributed by atoms with E-state index in [9.17, 15) is 5.11 Å². The minimum Gasteiger partial charge on any atom is -0.488 e. The summed E-state index contributed by atoms with van der Waals surface area (Å²) in [4.78, 5) is 0. The molecule has 0 bridgehead atoms. The molecule has 0 aromatic heterocycles. The third-order valence-electron chi connectivity index (χ3n) is 5.07. The van der Waals surface area contributed by atoms with Crippen LogP contribution in [0.15, 0.2) is 30.3 Å². The lowest BCUT2D eigenvalue weighted by molar-refractivity contribution is 0.0959. The van der Waals surface area contributed by atoms with Crippen LogP contribution < -0.4 is 4.74 Å². The smallest absolute Gasteiger partial charge is 0.128 e. The molecule has 0 radical (unpaired) electrons. The zero-order valence-corrected chi connectivity index (χ0v) is 14.4. The molecule has 4 rings (SSSR count). The highest BCUT2D eigenvalue weighted by atomic mass is 35.5. The van der Waals surface area contributed by atoms with Gasteiger partial charge in [0.05, 0.1) is 6.10 Å². The van der Waals surface area contributed by atoms with Crippen LogP contribution in [0.5, 0.6) is 5.75 Å². The number of benzene rings is 2. The van der Waals surface area contributed by atoms with Gasteiger partial charge in [-0.2, -0.15) is 0 Å². The lowest BCUT2D eigenvalue weighted by Gasteiger charge is -2.31. The van der Waals surface area contributed by atoms with Gasteiger partial charge in [0.2, 0.25) is 0 Å². The van der Waals surface area contributed by atoms with Crippen molar-refractivity contribution in [3.8, 4) is 28.7 Å². The molecule has 0 saturated carbocycles. The summed E-state index contributed by atoms with van der Waals surface area (Å²) in [5.74, 6) is 7.09. The van der Waals surface area contributed by atoms with E-state index in [4.69, 9.17) is 16.3 Å². The number of halogens is 1. The summed E-state index contributed by atoms with van der Waals surface area (Å²) in [6.07, 6.45) is 2.22.